The van der Waals surface area contributed by atoms with E-state index in [0.717, 1.165) is 22.1 Å². The first-order valence-corrected chi connectivity index (χ1v) is 14.5. The van der Waals surface area contributed by atoms with E-state index in [1.165, 1.54) is 5.01 Å². The zero-order valence-electron chi connectivity index (χ0n) is 23.5. The molecular formula is C35H29ClN4O3. The molecule has 2 N–H and O–H groups in total. The molecule has 8 heteroatoms. The number of hydrazone groups is 1. The van der Waals surface area contributed by atoms with Crippen molar-refractivity contribution < 1.29 is 9.59 Å². The Labute approximate surface area is 253 Å². The average molecular weight is 589 g/mol. The Kier molecular flexibility index (Phi) is 7.90. The lowest BCUT2D eigenvalue weighted by Crippen LogP contribution is -2.28. The third-order valence-electron chi connectivity index (χ3n) is 7.58. The minimum absolute atomic E-state index is 0.000104. The zero-order chi connectivity index (χ0) is 29.9. The molecular weight excluding hydrogens is 560 g/mol. The number of amides is 2. The molecule has 214 valence electrons. The predicted molar refractivity (Wildman–Crippen MR) is 171 cm³/mol. The van der Waals surface area contributed by atoms with Gasteiger partial charge in [-0.15, -0.1) is 0 Å². The normalized spacial score (nSPS) is 14.5. The van der Waals surface area contributed by atoms with E-state index in [4.69, 9.17) is 16.7 Å². The van der Waals surface area contributed by atoms with Gasteiger partial charge in [-0.1, -0.05) is 90.0 Å². The number of H-pyrrole nitrogens is 1. The molecule has 6 rings (SSSR count). The highest BCUT2D eigenvalue weighted by Crippen LogP contribution is 2.37. The number of hydrogen-bond donors (Lipinski definition) is 2. The summed E-state index contributed by atoms with van der Waals surface area (Å²) in [5.41, 5.74) is 5.45. The van der Waals surface area contributed by atoms with Gasteiger partial charge in [0.25, 0.3) is 5.56 Å². The van der Waals surface area contributed by atoms with Gasteiger partial charge in [0.15, 0.2) is 0 Å². The second-order valence-electron chi connectivity index (χ2n) is 10.6. The number of rotatable bonds is 7. The first-order valence-electron chi connectivity index (χ1n) is 14.1. The number of anilines is 1. The molecule has 0 unspecified atom stereocenters. The van der Waals surface area contributed by atoms with Crippen LogP contribution in [-0.2, 0) is 9.59 Å². The van der Waals surface area contributed by atoms with Crippen LogP contribution in [0.15, 0.2) is 113 Å². The van der Waals surface area contributed by atoms with Crippen molar-refractivity contribution in [1.29, 1.82) is 0 Å². The van der Waals surface area contributed by atoms with Gasteiger partial charge < -0.3 is 10.3 Å². The van der Waals surface area contributed by atoms with Gasteiger partial charge >= 0.3 is 0 Å². The second kappa shape index (κ2) is 12.1. The van der Waals surface area contributed by atoms with Crippen LogP contribution in [0.2, 0.25) is 5.02 Å². The van der Waals surface area contributed by atoms with E-state index in [9.17, 15) is 14.4 Å². The molecule has 1 aliphatic heterocycles. The lowest BCUT2D eigenvalue weighted by molar-refractivity contribution is -0.134. The van der Waals surface area contributed by atoms with E-state index < -0.39 is 6.04 Å². The first-order chi connectivity index (χ1) is 20.9. The van der Waals surface area contributed by atoms with Crippen molar-refractivity contribution in [3.05, 3.63) is 135 Å². The molecule has 0 radical (unpaired) electrons. The summed E-state index contributed by atoms with van der Waals surface area (Å²) in [6.07, 6.45) is 0.299. The Morgan fingerprint density at radius 3 is 2.33 bits per heavy atom. The summed E-state index contributed by atoms with van der Waals surface area (Å²) >= 11 is 6.41. The van der Waals surface area contributed by atoms with Gasteiger partial charge in [-0.25, -0.2) is 5.01 Å². The molecule has 0 saturated heterocycles. The van der Waals surface area contributed by atoms with Gasteiger partial charge in [0.1, 0.15) is 0 Å². The fraction of sp³-hybridized carbons (Fsp3) is 0.143. The minimum Gasteiger partial charge on any atom is -0.326 e. The maximum absolute atomic E-state index is 13.7. The number of carbonyl (C=O) groups is 2. The minimum atomic E-state index is -0.429. The van der Waals surface area contributed by atoms with E-state index in [2.05, 4.69) is 10.3 Å². The van der Waals surface area contributed by atoms with Gasteiger partial charge in [0.2, 0.25) is 11.8 Å². The van der Waals surface area contributed by atoms with Crippen LogP contribution < -0.4 is 10.9 Å². The molecule has 43 heavy (non-hydrogen) atoms. The van der Waals surface area contributed by atoms with Crippen molar-refractivity contribution in [1.82, 2.24) is 9.99 Å². The molecule has 2 amide bonds. The molecule has 1 aromatic heterocycles. The van der Waals surface area contributed by atoms with Gasteiger partial charge in [0, 0.05) is 46.4 Å². The average Bonchev–Trinajstić information content (AvgIpc) is 3.47. The van der Waals surface area contributed by atoms with Crippen LogP contribution in [0, 0.1) is 6.92 Å². The SMILES string of the molecule is Cc1ccc(NC(=O)CCC(=O)N2N=C(c3c(-c4ccccc4)c4cc(Cl)ccc4[nH]c3=O)C[C@H]2c2ccccc2)cc1. The Balaban J connectivity index is 1.37. The predicted octanol–water partition coefficient (Wildman–Crippen LogP) is 7.25. The molecule has 0 bridgehead atoms. The third kappa shape index (κ3) is 5.98. The third-order valence-corrected chi connectivity index (χ3v) is 7.81. The molecule has 1 atom stereocenters. The van der Waals surface area contributed by atoms with E-state index >= 15 is 0 Å². The largest absolute Gasteiger partial charge is 0.326 e. The monoisotopic (exact) mass is 588 g/mol. The molecule has 5 aromatic rings. The molecule has 0 spiro atoms. The van der Waals surface area contributed by atoms with Crippen molar-refractivity contribution in [3.8, 4) is 11.1 Å². The second-order valence-corrected chi connectivity index (χ2v) is 11.0. The van der Waals surface area contributed by atoms with Gasteiger partial charge in [0.05, 0.1) is 17.3 Å². The number of pyridine rings is 1. The van der Waals surface area contributed by atoms with Crippen LogP contribution in [0.25, 0.3) is 22.0 Å². The molecule has 7 nitrogen and oxygen atoms in total. The lowest BCUT2D eigenvalue weighted by atomic mass is 9.91. The van der Waals surface area contributed by atoms with Gasteiger partial charge in [-0.3, -0.25) is 14.4 Å². The molecule has 2 heterocycles. The summed E-state index contributed by atoms with van der Waals surface area (Å²) in [4.78, 5) is 43.0. The van der Waals surface area contributed by atoms with E-state index in [0.29, 0.717) is 39.5 Å². The summed E-state index contributed by atoms with van der Waals surface area (Å²) in [5.74, 6) is -0.560. The summed E-state index contributed by atoms with van der Waals surface area (Å²) in [6.45, 7) is 1.97. The number of carbonyl (C=O) groups excluding carboxylic acids is 2. The smallest absolute Gasteiger partial charge is 0.258 e. The molecule has 4 aromatic carbocycles. The Morgan fingerprint density at radius 1 is 0.907 bits per heavy atom. The van der Waals surface area contributed by atoms with Crippen LogP contribution in [0.5, 0.6) is 0 Å². The number of aryl methyl sites for hydroxylation is 1. The highest BCUT2D eigenvalue weighted by atomic mass is 35.5. The standard InChI is InChI=1S/C35H29ClN4O3/c1-22-12-15-26(16-13-22)37-31(41)18-19-32(42)40-30(23-8-4-2-5-9-23)21-29(39-40)34-33(24-10-6-3-7-11-24)27-20-25(36)14-17-28(27)38-35(34)43/h2-17,20,30H,18-19,21H2,1H3,(H,37,41)(H,38,43)/t30-/m0/s1. The molecule has 1 aliphatic rings. The summed E-state index contributed by atoms with van der Waals surface area (Å²) in [5, 5.41) is 10.4. The van der Waals surface area contributed by atoms with Crippen LogP contribution >= 0.6 is 11.6 Å². The zero-order valence-corrected chi connectivity index (χ0v) is 24.3. The summed E-state index contributed by atoms with van der Waals surface area (Å²) in [7, 11) is 0. The quantitative estimate of drug-likeness (QED) is 0.210. The van der Waals surface area contributed by atoms with Crippen LogP contribution in [-0.4, -0.2) is 27.5 Å². The number of aromatic nitrogens is 1. The number of nitrogens with zero attached hydrogens (tertiary/aromatic N) is 2. The Hall–Kier alpha value is -5.01. The van der Waals surface area contributed by atoms with Crippen molar-refractivity contribution in [3.63, 3.8) is 0 Å². The van der Waals surface area contributed by atoms with E-state index in [1.54, 1.807) is 12.1 Å². The van der Waals surface area contributed by atoms with Crippen molar-refractivity contribution >= 4 is 45.7 Å². The maximum Gasteiger partial charge on any atom is 0.258 e. The highest BCUT2D eigenvalue weighted by Gasteiger charge is 2.35. The van der Waals surface area contributed by atoms with E-state index in [1.807, 2.05) is 97.9 Å². The Bertz CT molecular complexity index is 1900. The van der Waals surface area contributed by atoms with Crippen LogP contribution in [0.1, 0.15) is 42.0 Å². The molecule has 0 fully saturated rings. The fourth-order valence-corrected chi connectivity index (χ4v) is 5.64. The van der Waals surface area contributed by atoms with Crippen LogP contribution in [0.4, 0.5) is 5.69 Å². The number of hydrogen-bond acceptors (Lipinski definition) is 4. The van der Waals surface area contributed by atoms with Crippen LogP contribution in [0.3, 0.4) is 0 Å². The number of aromatic amines is 1. The number of nitrogens with one attached hydrogen (secondary N) is 2. The van der Waals surface area contributed by atoms with Crippen molar-refractivity contribution in [2.75, 3.05) is 5.32 Å². The van der Waals surface area contributed by atoms with Gasteiger partial charge in [-0.2, -0.15) is 5.10 Å². The number of benzene rings is 4. The topological polar surface area (TPSA) is 94.6 Å². The first kappa shape index (κ1) is 28.1. The lowest BCUT2D eigenvalue weighted by Gasteiger charge is -2.22. The Morgan fingerprint density at radius 2 is 1.60 bits per heavy atom. The maximum atomic E-state index is 13.7. The molecule has 0 aliphatic carbocycles. The van der Waals surface area contributed by atoms with Crippen molar-refractivity contribution in [2.45, 2.75) is 32.2 Å². The van der Waals surface area contributed by atoms with Crippen molar-refractivity contribution in [2.24, 2.45) is 5.10 Å². The van der Waals surface area contributed by atoms with Gasteiger partial charge in [-0.05, 0) is 48.4 Å². The highest BCUT2D eigenvalue weighted by molar-refractivity contribution is 6.31. The number of halogens is 1. The summed E-state index contributed by atoms with van der Waals surface area (Å²) < 4.78 is 0. The molecule has 0 saturated carbocycles. The fourth-order valence-electron chi connectivity index (χ4n) is 5.47. The van der Waals surface area contributed by atoms with E-state index in [-0.39, 0.29) is 30.2 Å². The number of fused-ring (bicyclic) bond motifs is 1. The summed E-state index contributed by atoms with van der Waals surface area (Å²) in [6, 6.07) is 31.7.